The first kappa shape index (κ1) is 48.9. The van der Waals surface area contributed by atoms with Crippen molar-refractivity contribution in [3.63, 3.8) is 0 Å². The number of benzene rings is 2. The van der Waals surface area contributed by atoms with Crippen LogP contribution in [0.5, 0.6) is 17.2 Å². The van der Waals surface area contributed by atoms with Gasteiger partial charge in [-0.05, 0) is 59.8 Å². The van der Waals surface area contributed by atoms with Crippen LogP contribution >= 0.6 is 26.0 Å². The maximum Gasteiger partial charge on any atom is 0.472 e. The lowest BCUT2D eigenvalue weighted by Gasteiger charge is -2.29. The number of nitrogen functional groups attached to an aromatic ring is 1. The summed E-state index contributed by atoms with van der Waals surface area (Å²) in [6.45, 7) is -3.44. The fourth-order valence-corrected chi connectivity index (χ4v) is 12.1. The first-order chi connectivity index (χ1) is 32.3. The number of fused-ring (bicyclic) bond motifs is 3. The van der Waals surface area contributed by atoms with Crippen molar-refractivity contribution in [1.82, 2.24) is 29.1 Å². The number of nitrogens with two attached hydrogens (primary N) is 1. The molecule has 3 aliphatic rings. The molecule has 0 radical (unpaired) electrons. The fourth-order valence-electron chi connectivity index (χ4n) is 7.78. The van der Waals surface area contributed by atoms with E-state index in [2.05, 4.69) is 21.9 Å². The van der Waals surface area contributed by atoms with Gasteiger partial charge in [0.05, 0.1) is 26.1 Å². The van der Waals surface area contributed by atoms with Crippen LogP contribution in [0.15, 0.2) is 83.0 Å². The smallest absolute Gasteiger partial charge is 0.472 e. The van der Waals surface area contributed by atoms with Gasteiger partial charge in [-0.3, -0.25) is 37.0 Å². The van der Waals surface area contributed by atoms with E-state index in [0.717, 1.165) is 41.7 Å². The van der Waals surface area contributed by atoms with Crippen molar-refractivity contribution in [2.75, 3.05) is 25.6 Å². The second-order valence-corrected chi connectivity index (χ2v) is 21.5. The Hall–Kier alpha value is -4.54. The molecular weight excluding hydrogens is 943 g/mol. The number of aromatic amines is 1. The number of nitrogens with zero attached hydrogens (tertiary/aromatic N) is 5. The fraction of sp³-hybridized carbons (Fsp3) is 0.500. The van der Waals surface area contributed by atoms with E-state index in [1.54, 1.807) is 36.4 Å². The zero-order valence-corrected chi connectivity index (χ0v) is 38.9. The van der Waals surface area contributed by atoms with Crippen LogP contribution in [0.25, 0.3) is 11.2 Å². The molecule has 3 fully saturated rings. The number of anilines is 1. The molecular formula is C42H51F2N7O13P2S. The van der Waals surface area contributed by atoms with E-state index in [4.69, 9.17) is 42.8 Å². The third-order valence-corrected chi connectivity index (χ3v) is 15.9. The first-order valence-electron chi connectivity index (χ1n) is 21.9. The predicted octanol–water partition coefficient (Wildman–Crippen LogP) is 7.70. The number of rotatable bonds is 17. The second-order valence-electron chi connectivity index (χ2n) is 16.1. The molecule has 10 atom stereocenters. The minimum atomic E-state index is -5.22. The topological polar surface area (TPSA) is 253 Å². The first-order valence-corrected chi connectivity index (χ1v) is 26.5. The average molecular weight is 994 g/mol. The molecule has 0 amide bonds. The van der Waals surface area contributed by atoms with Crippen molar-refractivity contribution in [3.8, 4) is 17.2 Å². The molecule has 0 saturated carbocycles. The zero-order valence-electron chi connectivity index (χ0n) is 36.3. The Balaban J connectivity index is 0.962. The third-order valence-electron chi connectivity index (χ3n) is 11.3. The number of halogens is 2. The summed E-state index contributed by atoms with van der Waals surface area (Å²) in [6.07, 6.45) is -1.77. The number of unbranched alkanes of at least 4 members (excludes halogenated alkanes) is 7. The van der Waals surface area contributed by atoms with Crippen LogP contribution < -0.4 is 26.5 Å². The molecule has 8 rings (SSSR count). The molecule has 20 nitrogen and oxygen atoms in total. The highest BCUT2D eigenvalue weighted by Crippen LogP contribution is 2.65. The Kier molecular flexibility index (Phi) is 15.9. The van der Waals surface area contributed by atoms with Crippen LogP contribution in [-0.2, 0) is 42.5 Å². The quantitative estimate of drug-likeness (QED) is 0.0596. The predicted molar refractivity (Wildman–Crippen MR) is 240 cm³/mol. The van der Waals surface area contributed by atoms with Crippen LogP contribution in [0, 0.1) is 0 Å². The van der Waals surface area contributed by atoms with Gasteiger partial charge in [0, 0.05) is 18.0 Å². The molecule has 2 unspecified atom stereocenters. The molecule has 0 aliphatic carbocycles. The summed E-state index contributed by atoms with van der Waals surface area (Å²) in [6, 6.07) is 15.1. The van der Waals surface area contributed by atoms with Crippen LogP contribution in [-0.4, -0.2) is 90.5 Å². The van der Waals surface area contributed by atoms with E-state index in [1.807, 2.05) is 17.1 Å². The van der Waals surface area contributed by atoms with Gasteiger partial charge in [0.15, 0.2) is 36.3 Å². The van der Waals surface area contributed by atoms with E-state index < -0.39 is 88.3 Å². The highest BCUT2D eigenvalue weighted by Gasteiger charge is 2.55. The monoisotopic (exact) mass is 993 g/mol. The zero-order chi connectivity index (χ0) is 47.1. The number of phosphoric ester groups is 1. The summed E-state index contributed by atoms with van der Waals surface area (Å²) in [4.78, 5) is 49.4. The lowest BCUT2D eigenvalue weighted by atomic mass is 10.1. The number of hydrogen-bond acceptors (Lipinski definition) is 17. The molecule has 67 heavy (non-hydrogen) atoms. The molecule has 4 N–H and O–H groups in total. The second kappa shape index (κ2) is 21.8. The maximum atomic E-state index is 16.5. The summed E-state index contributed by atoms with van der Waals surface area (Å²) < 4.78 is 109. The van der Waals surface area contributed by atoms with Crippen molar-refractivity contribution in [1.29, 1.82) is 0 Å². The van der Waals surface area contributed by atoms with Crippen molar-refractivity contribution in [3.05, 3.63) is 99.9 Å². The lowest BCUT2D eigenvalue weighted by molar-refractivity contribution is -0.0619. The molecule has 25 heteroatoms. The van der Waals surface area contributed by atoms with Crippen molar-refractivity contribution in [2.45, 2.75) is 113 Å². The van der Waals surface area contributed by atoms with Crippen LogP contribution in [0.4, 0.5) is 14.6 Å². The van der Waals surface area contributed by atoms with E-state index in [-0.39, 0.29) is 22.7 Å². The summed E-state index contributed by atoms with van der Waals surface area (Å²) in [5, 5.41) is 0. The maximum absolute atomic E-state index is 16.5. The number of alkyl halides is 2. The van der Waals surface area contributed by atoms with Gasteiger partial charge in [-0.25, -0.2) is 37.7 Å². The van der Waals surface area contributed by atoms with Gasteiger partial charge >= 0.3 is 20.3 Å². The Morgan fingerprint density at radius 2 is 1.42 bits per heavy atom. The Bertz CT molecular complexity index is 2670. The van der Waals surface area contributed by atoms with E-state index >= 15 is 8.78 Å². The highest BCUT2D eigenvalue weighted by molar-refractivity contribution is 8.54. The molecule has 3 saturated heterocycles. The molecule has 362 valence electrons. The van der Waals surface area contributed by atoms with Gasteiger partial charge in [0.2, 0.25) is 0 Å². The molecule has 0 bridgehead atoms. The number of ether oxygens (including phenoxy) is 4. The number of aromatic nitrogens is 6. The van der Waals surface area contributed by atoms with Gasteiger partial charge in [0.25, 0.3) is 5.56 Å². The van der Waals surface area contributed by atoms with E-state index in [1.165, 1.54) is 49.4 Å². The average Bonchev–Trinajstić information content (AvgIpc) is 3.97. The van der Waals surface area contributed by atoms with Gasteiger partial charge < -0.3 is 29.6 Å². The van der Waals surface area contributed by atoms with Gasteiger partial charge in [-0.2, -0.15) is 0 Å². The molecule has 6 heterocycles. The molecule has 0 spiro atoms. The molecule has 3 aliphatic heterocycles. The van der Waals surface area contributed by atoms with E-state index in [0.29, 0.717) is 35.1 Å². The lowest BCUT2D eigenvalue weighted by Crippen LogP contribution is -2.38. The van der Waals surface area contributed by atoms with E-state index in [9.17, 15) is 23.6 Å². The molecule has 5 aromatic rings. The number of imidazole rings is 1. The minimum Gasteiger partial charge on any atom is -0.494 e. The minimum absolute atomic E-state index is 0.000204. The van der Waals surface area contributed by atoms with Gasteiger partial charge in [0.1, 0.15) is 53.5 Å². The van der Waals surface area contributed by atoms with Gasteiger partial charge in [-0.1, -0.05) is 64.0 Å². The molecule has 2 aromatic carbocycles. The summed E-state index contributed by atoms with van der Waals surface area (Å²) in [7, 11) is -5.22. The Morgan fingerprint density at radius 1 is 0.806 bits per heavy atom. The Labute approximate surface area is 386 Å². The van der Waals surface area contributed by atoms with Crippen LogP contribution in [0.1, 0.15) is 76.3 Å². The summed E-state index contributed by atoms with van der Waals surface area (Å²) >= 11 is 0.656. The standard InChI is InChI=1S/C42H51F2N7O13P2S/c1-2-3-4-5-6-7-8-9-20-57-27-14-16-29(17-15-27)60-28-12-10-26(11-13-28)23-67-66(56)59-22-31-36(33(43)41(62-31)51-25-48-35-38(45)46-24-47-39(35)51)63-65(54,55)58-21-30-37(64-66)34(44)40(61-30)50-19-18-32(52)49-42(50)53/h10-19,24-25,30-31,33-34,36-37,40-41H,2-9,20-23H2,1H3,(H,54,55)(H2,45,46,47)(H,49,52,53)/t30-,31-,33-,34-,36-,37-,40-,41-,66?/m1/s1. The van der Waals surface area contributed by atoms with Crippen molar-refractivity contribution in [2.24, 2.45) is 0 Å². The largest absolute Gasteiger partial charge is 0.494 e. The number of hydrogen-bond donors (Lipinski definition) is 3. The van der Waals surface area contributed by atoms with Crippen molar-refractivity contribution < 1.29 is 59.8 Å². The number of nitrogens with one attached hydrogen (secondary N) is 1. The van der Waals surface area contributed by atoms with Crippen LogP contribution in [0.2, 0.25) is 0 Å². The summed E-state index contributed by atoms with van der Waals surface area (Å²) in [5.41, 5.74) is 4.93. The third kappa shape index (κ3) is 12.0. The SMILES string of the molecule is CCCCCCCCCCOc1ccc(Oc2ccc(CSP3(=O)OC[C@H]4O[C@@H](n5cnc6c(N)ncnc65)[C@H](F)[C@@H]4OP(=O)(O)OC[C@H]4O[C@@H](n5ccc(=O)[nH]c5=O)[C@H](F)[C@@H]4O3)cc2)cc1. The molecule has 3 aromatic heterocycles. The van der Waals surface area contributed by atoms with Crippen LogP contribution in [0.3, 0.4) is 0 Å². The summed E-state index contributed by atoms with van der Waals surface area (Å²) in [5.74, 6) is 1.78. The Morgan fingerprint density at radius 3 is 2.10 bits per heavy atom. The van der Waals surface area contributed by atoms with Crippen molar-refractivity contribution >= 4 is 43.0 Å². The highest BCUT2D eigenvalue weighted by atomic mass is 32.7. The number of phosphoric acid groups is 1. The normalized spacial score (nSPS) is 28.9. The number of H-pyrrole nitrogens is 1. The van der Waals surface area contributed by atoms with Gasteiger partial charge in [-0.15, -0.1) is 0 Å².